The summed E-state index contributed by atoms with van der Waals surface area (Å²) in [7, 11) is 0. The van der Waals surface area contributed by atoms with Gasteiger partial charge in [-0.25, -0.2) is 0 Å². The third-order valence-electron chi connectivity index (χ3n) is 2.78. The van der Waals surface area contributed by atoms with Crippen LogP contribution in [0.15, 0.2) is 12.3 Å². The summed E-state index contributed by atoms with van der Waals surface area (Å²) < 4.78 is 5.76. The zero-order valence-electron chi connectivity index (χ0n) is 9.02. The molecule has 2 N–H and O–H groups in total. The predicted octanol–water partition coefficient (Wildman–Crippen LogP) is 1.43. The summed E-state index contributed by atoms with van der Waals surface area (Å²) in [5.74, 6) is 0.635. The number of hydrogen-bond donors (Lipinski definition) is 1. The fourth-order valence-electron chi connectivity index (χ4n) is 1.87. The van der Waals surface area contributed by atoms with Crippen molar-refractivity contribution in [2.75, 3.05) is 0 Å². The van der Waals surface area contributed by atoms with E-state index in [0.29, 0.717) is 11.9 Å². The van der Waals surface area contributed by atoms with Crippen LogP contribution in [0.2, 0.25) is 0 Å². The summed E-state index contributed by atoms with van der Waals surface area (Å²) in [4.78, 5) is 0. The monoisotopic (exact) mass is 207 g/mol. The van der Waals surface area contributed by atoms with E-state index in [0.717, 1.165) is 31.2 Å². The Morgan fingerprint density at radius 1 is 1.33 bits per heavy atom. The minimum atomic E-state index is 0.265. The maximum Gasteiger partial charge on any atom is 0.233 e. The van der Waals surface area contributed by atoms with Crippen LogP contribution in [0.25, 0.3) is 0 Å². The molecule has 4 nitrogen and oxygen atoms in total. The van der Waals surface area contributed by atoms with Crippen LogP contribution < -0.4 is 10.5 Å². The molecule has 0 bridgehead atoms. The summed E-state index contributed by atoms with van der Waals surface area (Å²) in [6.07, 6.45) is 6.13. The maximum atomic E-state index is 5.83. The molecule has 0 atom stereocenters. The zero-order chi connectivity index (χ0) is 10.7. The molecule has 0 radical (unpaired) electrons. The lowest BCUT2D eigenvalue weighted by atomic mass is 9.94. The second-order valence-electron chi connectivity index (χ2n) is 4.23. The van der Waals surface area contributed by atoms with E-state index in [1.165, 1.54) is 0 Å². The molecule has 0 aliphatic heterocycles. The van der Waals surface area contributed by atoms with Crippen LogP contribution in [0.1, 0.15) is 31.2 Å². The summed E-state index contributed by atoms with van der Waals surface area (Å²) in [6, 6.07) is 2.27. The van der Waals surface area contributed by atoms with Gasteiger partial charge >= 0.3 is 0 Å². The molecule has 0 amide bonds. The van der Waals surface area contributed by atoms with Gasteiger partial charge in [0, 0.05) is 12.1 Å². The quantitative estimate of drug-likeness (QED) is 0.797. The molecule has 0 unspecified atom stereocenters. The van der Waals surface area contributed by atoms with Gasteiger partial charge in [-0.2, -0.15) is 5.10 Å². The van der Waals surface area contributed by atoms with E-state index in [1.807, 2.05) is 13.0 Å². The lowest BCUT2D eigenvalue weighted by Gasteiger charge is -2.26. The molecule has 1 saturated carbocycles. The van der Waals surface area contributed by atoms with Crippen LogP contribution in [-0.4, -0.2) is 22.3 Å². The van der Waals surface area contributed by atoms with Gasteiger partial charge in [0.25, 0.3) is 0 Å². The average molecular weight is 207 g/mol. The molecule has 1 aromatic heterocycles. The van der Waals surface area contributed by atoms with Crippen molar-refractivity contribution >= 4 is 0 Å². The fraction of sp³-hybridized carbons (Fsp3) is 0.636. The number of nitrogens with zero attached hydrogens (tertiary/aromatic N) is 2. The predicted molar refractivity (Wildman–Crippen MR) is 57.6 cm³/mol. The van der Waals surface area contributed by atoms with Gasteiger partial charge in [-0.1, -0.05) is 0 Å². The molecule has 0 aromatic carbocycles. The van der Waals surface area contributed by atoms with Crippen molar-refractivity contribution in [1.29, 1.82) is 0 Å². The van der Waals surface area contributed by atoms with Gasteiger partial charge in [0.05, 0.1) is 6.20 Å². The molecule has 1 fully saturated rings. The van der Waals surface area contributed by atoms with Gasteiger partial charge in [-0.05, 0) is 38.2 Å². The summed E-state index contributed by atoms with van der Waals surface area (Å²) in [5, 5.41) is 7.81. The Kier molecular flexibility index (Phi) is 3.16. The lowest BCUT2D eigenvalue weighted by Crippen LogP contribution is -2.31. The van der Waals surface area contributed by atoms with Crippen molar-refractivity contribution in [3.05, 3.63) is 17.8 Å². The van der Waals surface area contributed by atoms with E-state index in [9.17, 15) is 0 Å². The van der Waals surface area contributed by atoms with Gasteiger partial charge in [0.2, 0.25) is 5.88 Å². The molecule has 15 heavy (non-hydrogen) atoms. The number of ether oxygens (including phenoxy) is 1. The van der Waals surface area contributed by atoms with Crippen molar-refractivity contribution < 1.29 is 4.74 Å². The topological polar surface area (TPSA) is 61.0 Å². The van der Waals surface area contributed by atoms with Crippen LogP contribution in [0, 0.1) is 6.92 Å². The molecule has 1 heterocycles. The first-order chi connectivity index (χ1) is 7.24. The number of nitrogens with two attached hydrogens (primary N) is 1. The second-order valence-corrected chi connectivity index (χ2v) is 4.23. The van der Waals surface area contributed by atoms with E-state index in [1.54, 1.807) is 6.20 Å². The number of aryl methyl sites for hydroxylation is 1. The molecular weight excluding hydrogens is 190 g/mol. The Bertz CT molecular complexity index is 321. The van der Waals surface area contributed by atoms with E-state index < -0.39 is 0 Å². The average Bonchev–Trinajstić information content (AvgIpc) is 2.22. The van der Waals surface area contributed by atoms with Crippen LogP contribution in [0.5, 0.6) is 5.88 Å². The molecule has 1 aromatic rings. The van der Waals surface area contributed by atoms with Gasteiger partial charge < -0.3 is 10.5 Å². The highest BCUT2D eigenvalue weighted by Crippen LogP contribution is 2.21. The van der Waals surface area contributed by atoms with Crippen molar-refractivity contribution in [2.24, 2.45) is 5.73 Å². The number of rotatable bonds is 2. The van der Waals surface area contributed by atoms with Gasteiger partial charge in [0.1, 0.15) is 6.10 Å². The van der Waals surface area contributed by atoms with Crippen LogP contribution in [0.4, 0.5) is 0 Å². The van der Waals surface area contributed by atoms with Crippen molar-refractivity contribution in [1.82, 2.24) is 10.2 Å². The summed E-state index contributed by atoms with van der Waals surface area (Å²) >= 11 is 0. The zero-order valence-corrected chi connectivity index (χ0v) is 9.02. The smallest absolute Gasteiger partial charge is 0.233 e. The molecule has 1 aliphatic rings. The molecule has 0 spiro atoms. The minimum absolute atomic E-state index is 0.265. The normalized spacial score (nSPS) is 26.3. The Labute approximate surface area is 89.8 Å². The minimum Gasteiger partial charge on any atom is -0.473 e. The highest BCUT2D eigenvalue weighted by atomic mass is 16.5. The molecular formula is C11H17N3O. The van der Waals surface area contributed by atoms with E-state index in [-0.39, 0.29) is 6.10 Å². The standard InChI is InChI=1S/C11H17N3O/c1-8-6-11(14-13-7-8)15-10-4-2-9(12)3-5-10/h6-7,9-10H,2-5,12H2,1H3. The van der Waals surface area contributed by atoms with Crippen LogP contribution in [0.3, 0.4) is 0 Å². The summed E-state index contributed by atoms with van der Waals surface area (Å²) in [5.41, 5.74) is 6.91. The van der Waals surface area contributed by atoms with Crippen LogP contribution >= 0.6 is 0 Å². The molecule has 82 valence electrons. The SMILES string of the molecule is Cc1cnnc(OC2CCC(N)CC2)c1. The van der Waals surface area contributed by atoms with Crippen molar-refractivity contribution in [2.45, 2.75) is 44.8 Å². The van der Waals surface area contributed by atoms with Crippen molar-refractivity contribution in [3.8, 4) is 5.88 Å². The Morgan fingerprint density at radius 2 is 2.07 bits per heavy atom. The second kappa shape index (κ2) is 4.57. The van der Waals surface area contributed by atoms with Crippen molar-refractivity contribution in [3.63, 3.8) is 0 Å². The van der Waals surface area contributed by atoms with E-state index in [4.69, 9.17) is 10.5 Å². The molecule has 2 rings (SSSR count). The number of aromatic nitrogens is 2. The third kappa shape index (κ3) is 2.89. The number of hydrogen-bond acceptors (Lipinski definition) is 4. The largest absolute Gasteiger partial charge is 0.473 e. The Balaban J connectivity index is 1.92. The highest BCUT2D eigenvalue weighted by Gasteiger charge is 2.20. The fourth-order valence-corrected chi connectivity index (χ4v) is 1.87. The molecule has 1 aliphatic carbocycles. The first kappa shape index (κ1) is 10.4. The van der Waals surface area contributed by atoms with Gasteiger partial charge in [-0.3, -0.25) is 0 Å². The molecule has 4 heteroatoms. The van der Waals surface area contributed by atoms with E-state index >= 15 is 0 Å². The Morgan fingerprint density at radius 3 is 2.73 bits per heavy atom. The summed E-state index contributed by atoms with van der Waals surface area (Å²) in [6.45, 7) is 1.98. The highest BCUT2D eigenvalue weighted by molar-refractivity contribution is 5.15. The van der Waals surface area contributed by atoms with Crippen LogP contribution in [-0.2, 0) is 0 Å². The molecule has 0 saturated heterocycles. The maximum absolute atomic E-state index is 5.83. The third-order valence-corrected chi connectivity index (χ3v) is 2.78. The first-order valence-electron chi connectivity index (χ1n) is 5.45. The van der Waals surface area contributed by atoms with E-state index in [2.05, 4.69) is 10.2 Å². The first-order valence-corrected chi connectivity index (χ1v) is 5.45. The van der Waals surface area contributed by atoms with Gasteiger partial charge in [0.15, 0.2) is 0 Å². The lowest BCUT2D eigenvalue weighted by molar-refractivity contribution is 0.139. The Hall–Kier alpha value is -1.16. The van der Waals surface area contributed by atoms with Gasteiger partial charge in [-0.15, -0.1) is 5.10 Å².